The molecule has 1 amide bonds. The van der Waals surface area contributed by atoms with E-state index in [9.17, 15) is 17.6 Å². The van der Waals surface area contributed by atoms with Crippen LogP contribution in [0.25, 0.3) is 0 Å². The van der Waals surface area contributed by atoms with Crippen LogP contribution in [0.1, 0.15) is 17.3 Å². The summed E-state index contributed by atoms with van der Waals surface area (Å²) in [6.07, 6.45) is 1.90. The van der Waals surface area contributed by atoms with Crippen molar-refractivity contribution < 1.29 is 17.6 Å². The smallest absolute Gasteiger partial charge is 0.258 e. The van der Waals surface area contributed by atoms with Gasteiger partial charge in [0.05, 0.1) is 10.5 Å². The zero-order chi connectivity index (χ0) is 17.7. The number of rotatable bonds is 6. The zero-order valence-corrected chi connectivity index (χ0v) is 14.8. The molecule has 0 aliphatic heterocycles. The van der Waals surface area contributed by atoms with Gasteiger partial charge in [-0.15, -0.1) is 11.8 Å². The maximum Gasteiger partial charge on any atom is 0.258 e. The monoisotopic (exact) mass is 368 g/mol. The van der Waals surface area contributed by atoms with Crippen LogP contribution in [0.4, 0.5) is 10.1 Å². The van der Waals surface area contributed by atoms with Crippen molar-refractivity contribution in [3.63, 3.8) is 0 Å². The molecule has 5 nitrogen and oxygen atoms in total. The highest BCUT2D eigenvalue weighted by Gasteiger charge is 2.19. The normalized spacial score (nSPS) is 11.3. The Morgan fingerprint density at radius 1 is 1.21 bits per heavy atom. The first kappa shape index (κ1) is 18.4. The maximum atomic E-state index is 14.0. The van der Waals surface area contributed by atoms with E-state index in [1.807, 2.05) is 12.3 Å². The van der Waals surface area contributed by atoms with Crippen molar-refractivity contribution in [2.45, 2.75) is 16.7 Å². The van der Waals surface area contributed by atoms with E-state index < -0.39 is 21.7 Å². The highest BCUT2D eigenvalue weighted by atomic mass is 32.2. The summed E-state index contributed by atoms with van der Waals surface area (Å²) in [7, 11) is -3.77. The first-order chi connectivity index (χ1) is 11.4. The number of amides is 1. The molecular formula is C16H17FN2O3S2. The average Bonchev–Trinajstić information content (AvgIpc) is 2.55. The summed E-state index contributed by atoms with van der Waals surface area (Å²) < 4.78 is 40.3. The maximum absolute atomic E-state index is 14.0. The third kappa shape index (κ3) is 4.34. The predicted molar refractivity (Wildman–Crippen MR) is 93.4 cm³/mol. The van der Waals surface area contributed by atoms with Crippen LogP contribution < -0.4 is 10.0 Å². The Labute approximate surface area is 144 Å². The minimum absolute atomic E-state index is 0.159. The molecule has 0 fully saturated rings. The minimum Gasteiger partial charge on any atom is -0.322 e. The molecule has 0 bridgehead atoms. The van der Waals surface area contributed by atoms with Crippen molar-refractivity contribution in [3.8, 4) is 0 Å². The van der Waals surface area contributed by atoms with E-state index in [4.69, 9.17) is 0 Å². The molecule has 0 aromatic heterocycles. The second kappa shape index (κ2) is 7.78. The SMILES string of the molecule is CCNS(=O)(=O)c1ccc(F)c(C(=O)Nc2cccc(SC)c2)c1. The molecule has 24 heavy (non-hydrogen) atoms. The predicted octanol–water partition coefficient (Wildman–Crippen LogP) is 3.10. The van der Waals surface area contributed by atoms with Gasteiger partial charge in [-0.25, -0.2) is 17.5 Å². The number of benzene rings is 2. The molecule has 0 radical (unpaired) electrons. The Morgan fingerprint density at radius 3 is 2.62 bits per heavy atom. The Bertz CT molecular complexity index is 854. The van der Waals surface area contributed by atoms with E-state index in [1.165, 1.54) is 11.8 Å². The Morgan fingerprint density at radius 2 is 1.96 bits per heavy atom. The van der Waals surface area contributed by atoms with Crippen LogP contribution in [-0.2, 0) is 10.0 Å². The number of hydrogen-bond donors (Lipinski definition) is 2. The number of carbonyl (C=O) groups excluding carboxylic acids is 1. The molecule has 0 saturated carbocycles. The van der Waals surface area contributed by atoms with Gasteiger partial charge in [0.15, 0.2) is 0 Å². The van der Waals surface area contributed by atoms with Crippen LogP contribution in [0.2, 0.25) is 0 Å². The quantitative estimate of drug-likeness (QED) is 0.769. The number of sulfonamides is 1. The van der Waals surface area contributed by atoms with Crippen LogP contribution in [0.15, 0.2) is 52.3 Å². The van der Waals surface area contributed by atoms with Crippen molar-refractivity contribution in [2.24, 2.45) is 0 Å². The van der Waals surface area contributed by atoms with Gasteiger partial charge < -0.3 is 5.32 Å². The lowest BCUT2D eigenvalue weighted by atomic mass is 10.2. The molecule has 0 heterocycles. The van der Waals surface area contributed by atoms with Gasteiger partial charge in [-0.05, 0) is 42.7 Å². The summed E-state index contributed by atoms with van der Waals surface area (Å²) >= 11 is 1.51. The van der Waals surface area contributed by atoms with Crippen molar-refractivity contribution in [3.05, 3.63) is 53.8 Å². The fraction of sp³-hybridized carbons (Fsp3) is 0.188. The van der Waals surface area contributed by atoms with Gasteiger partial charge in [-0.2, -0.15) is 0 Å². The Hall–Kier alpha value is -1.90. The van der Waals surface area contributed by atoms with Crippen molar-refractivity contribution >= 4 is 33.4 Å². The van der Waals surface area contributed by atoms with Crippen molar-refractivity contribution in [1.29, 1.82) is 0 Å². The molecule has 0 spiro atoms. The summed E-state index contributed by atoms with van der Waals surface area (Å²) in [5, 5.41) is 2.58. The number of nitrogens with one attached hydrogen (secondary N) is 2. The molecular weight excluding hydrogens is 351 g/mol. The average molecular weight is 368 g/mol. The van der Waals surface area contributed by atoms with Gasteiger partial charge in [0.1, 0.15) is 5.82 Å². The van der Waals surface area contributed by atoms with Crippen molar-refractivity contribution in [1.82, 2.24) is 4.72 Å². The zero-order valence-electron chi connectivity index (χ0n) is 13.2. The summed E-state index contributed by atoms with van der Waals surface area (Å²) in [6.45, 7) is 1.83. The van der Waals surface area contributed by atoms with E-state index in [-0.39, 0.29) is 17.0 Å². The van der Waals surface area contributed by atoms with Crippen LogP contribution in [0, 0.1) is 5.82 Å². The third-order valence-corrected chi connectivity index (χ3v) is 5.42. The first-order valence-electron chi connectivity index (χ1n) is 7.12. The number of thioether (sulfide) groups is 1. The fourth-order valence-electron chi connectivity index (χ4n) is 2.02. The van der Waals surface area contributed by atoms with Crippen LogP contribution in [0.5, 0.6) is 0 Å². The van der Waals surface area contributed by atoms with Gasteiger partial charge in [-0.3, -0.25) is 4.79 Å². The topological polar surface area (TPSA) is 75.3 Å². The lowest BCUT2D eigenvalue weighted by molar-refractivity contribution is 0.102. The molecule has 2 aromatic rings. The summed E-state index contributed by atoms with van der Waals surface area (Å²) in [4.78, 5) is 13.1. The van der Waals surface area contributed by atoms with Gasteiger partial charge in [0.25, 0.3) is 5.91 Å². The molecule has 8 heteroatoms. The van der Waals surface area contributed by atoms with Crippen molar-refractivity contribution in [2.75, 3.05) is 18.1 Å². The summed E-state index contributed by atoms with van der Waals surface area (Å²) in [5.41, 5.74) is 0.176. The van der Waals surface area contributed by atoms with E-state index >= 15 is 0 Å². The van der Waals surface area contributed by atoms with E-state index in [1.54, 1.807) is 25.1 Å². The summed E-state index contributed by atoms with van der Waals surface area (Å²) in [6, 6.07) is 10.2. The Balaban J connectivity index is 2.32. The standard InChI is InChI=1S/C16H17FN2O3S2/c1-3-18-24(21,22)13-7-8-15(17)14(10-13)16(20)19-11-5-4-6-12(9-11)23-2/h4-10,18H,3H2,1-2H3,(H,19,20). The second-order valence-electron chi connectivity index (χ2n) is 4.83. The number of anilines is 1. The fourth-order valence-corrected chi connectivity index (χ4v) is 3.54. The van der Waals surface area contributed by atoms with Gasteiger partial charge in [0.2, 0.25) is 10.0 Å². The Kier molecular flexibility index (Phi) is 5.98. The second-order valence-corrected chi connectivity index (χ2v) is 7.48. The lowest BCUT2D eigenvalue weighted by Gasteiger charge is -2.10. The van der Waals surface area contributed by atoms with Crippen LogP contribution in [0.3, 0.4) is 0 Å². The molecule has 128 valence electrons. The third-order valence-electron chi connectivity index (χ3n) is 3.15. The van der Waals surface area contributed by atoms with E-state index in [0.29, 0.717) is 5.69 Å². The van der Waals surface area contributed by atoms with Gasteiger partial charge in [-0.1, -0.05) is 13.0 Å². The molecule has 0 aliphatic rings. The lowest BCUT2D eigenvalue weighted by Crippen LogP contribution is -2.24. The van der Waals surface area contributed by atoms with E-state index in [0.717, 1.165) is 23.1 Å². The number of hydrogen-bond acceptors (Lipinski definition) is 4. The minimum atomic E-state index is -3.77. The number of halogens is 1. The van der Waals surface area contributed by atoms with E-state index in [2.05, 4.69) is 10.0 Å². The highest BCUT2D eigenvalue weighted by Crippen LogP contribution is 2.21. The molecule has 0 saturated heterocycles. The molecule has 0 unspecified atom stereocenters. The van der Waals surface area contributed by atoms with Gasteiger partial charge in [0, 0.05) is 17.1 Å². The molecule has 2 N–H and O–H groups in total. The number of carbonyl (C=O) groups is 1. The summed E-state index contributed by atoms with van der Waals surface area (Å²) in [5.74, 6) is -1.50. The van der Waals surface area contributed by atoms with Gasteiger partial charge >= 0.3 is 0 Å². The largest absolute Gasteiger partial charge is 0.322 e. The molecule has 0 aliphatic carbocycles. The highest BCUT2D eigenvalue weighted by molar-refractivity contribution is 7.98. The molecule has 2 aromatic carbocycles. The molecule has 2 rings (SSSR count). The first-order valence-corrected chi connectivity index (χ1v) is 9.83. The molecule has 0 atom stereocenters. The van der Waals surface area contributed by atoms with Crippen LogP contribution in [-0.4, -0.2) is 27.1 Å². The van der Waals surface area contributed by atoms with Crippen LogP contribution >= 0.6 is 11.8 Å².